The van der Waals surface area contributed by atoms with Gasteiger partial charge in [0.1, 0.15) is 12.6 Å². The summed E-state index contributed by atoms with van der Waals surface area (Å²) >= 11 is 12.8. The van der Waals surface area contributed by atoms with Gasteiger partial charge in [-0.25, -0.2) is 8.42 Å². The summed E-state index contributed by atoms with van der Waals surface area (Å²) in [4.78, 5) is 29.6. The van der Waals surface area contributed by atoms with Gasteiger partial charge in [-0.3, -0.25) is 13.9 Å². The molecular formula is C34H35Cl2N3O4S. The Morgan fingerprint density at radius 1 is 0.818 bits per heavy atom. The predicted octanol–water partition coefficient (Wildman–Crippen LogP) is 6.66. The summed E-state index contributed by atoms with van der Waals surface area (Å²) in [6.07, 6.45) is 0.223. The molecule has 4 aromatic carbocycles. The van der Waals surface area contributed by atoms with Crippen molar-refractivity contribution in [1.82, 2.24) is 10.2 Å². The van der Waals surface area contributed by atoms with Crippen molar-refractivity contribution in [2.45, 2.75) is 50.7 Å². The number of carbonyl (C=O) groups excluding carboxylic acids is 2. The molecule has 0 saturated carbocycles. The predicted molar refractivity (Wildman–Crippen MR) is 176 cm³/mol. The summed E-state index contributed by atoms with van der Waals surface area (Å²) in [5.74, 6) is -0.928. The summed E-state index contributed by atoms with van der Waals surface area (Å²) in [6, 6.07) is 28.3. The molecule has 1 unspecified atom stereocenters. The monoisotopic (exact) mass is 651 g/mol. The molecule has 0 aromatic heterocycles. The number of benzene rings is 4. The van der Waals surface area contributed by atoms with Crippen molar-refractivity contribution >= 4 is 50.7 Å². The van der Waals surface area contributed by atoms with Crippen LogP contribution >= 0.6 is 23.2 Å². The van der Waals surface area contributed by atoms with E-state index in [2.05, 4.69) is 5.32 Å². The summed E-state index contributed by atoms with van der Waals surface area (Å²) in [6.45, 7) is 4.99. The molecule has 230 valence electrons. The second-order valence-electron chi connectivity index (χ2n) is 10.8. The Balaban J connectivity index is 1.82. The fourth-order valence-electron chi connectivity index (χ4n) is 4.74. The second-order valence-corrected chi connectivity index (χ2v) is 13.5. The Bertz CT molecular complexity index is 1680. The first-order valence-electron chi connectivity index (χ1n) is 14.2. The highest BCUT2D eigenvalue weighted by atomic mass is 35.5. The number of nitrogens with zero attached hydrogens (tertiary/aromatic N) is 2. The lowest BCUT2D eigenvalue weighted by Gasteiger charge is -2.34. The first kappa shape index (κ1) is 33.1. The minimum absolute atomic E-state index is 0.0139. The molecule has 0 aliphatic carbocycles. The molecule has 0 fully saturated rings. The lowest BCUT2D eigenvalue weighted by atomic mass is 10.0. The fourth-order valence-corrected chi connectivity index (χ4v) is 6.60. The number of nitrogens with one attached hydrogen (secondary N) is 1. The number of hydrogen-bond donors (Lipinski definition) is 1. The molecule has 7 nitrogen and oxygen atoms in total. The lowest BCUT2D eigenvalue weighted by Crippen LogP contribution is -2.54. The molecule has 44 heavy (non-hydrogen) atoms. The van der Waals surface area contributed by atoms with Gasteiger partial charge in [-0.15, -0.1) is 0 Å². The van der Waals surface area contributed by atoms with Crippen LogP contribution in [0.25, 0.3) is 0 Å². The largest absolute Gasteiger partial charge is 0.352 e. The minimum atomic E-state index is -4.29. The Hall–Kier alpha value is -3.85. The van der Waals surface area contributed by atoms with Gasteiger partial charge in [0.25, 0.3) is 10.0 Å². The molecule has 0 spiro atoms. The Labute approximate surface area is 269 Å². The van der Waals surface area contributed by atoms with Crippen LogP contribution in [-0.4, -0.2) is 43.8 Å². The van der Waals surface area contributed by atoms with Crippen LogP contribution in [0, 0.1) is 6.92 Å². The Morgan fingerprint density at radius 2 is 1.41 bits per heavy atom. The maximum absolute atomic E-state index is 14.4. The first-order chi connectivity index (χ1) is 21.0. The summed E-state index contributed by atoms with van der Waals surface area (Å²) < 4.78 is 29.2. The zero-order chi connectivity index (χ0) is 31.9. The average Bonchev–Trinajstić information content (AvgIpc) is 2.99. The number of rotatable bonds is 12. The van der Waals surface area contributed by atoms with Crippen molar-refractivity contribution in [1.29, 1.82) is 0 Å². The van der Waals surface area contributed by atoms with Gasteiger partial charge < -0.3 is 10.2 Å². The van der Waals surface area contributed by atoms with E-state index in [-0.39, 0.29) is 45.5 Å². The van der Waals surface area contributed by atoms with E-state index in [0.29, 0.717) is 0 Å². The van der Waals surface area contributed by atoms with Crippen molar-refractivity contribution in [2.24, 2.45) is 0 Å². The van der Waals surface area contributed by atoms with Crippen LogP contribution in [0.15, 0.2) is 108 Å². The van der Waals surface area contributed by atoms with Gasteiger partial charge in [0.15, 0.2) is 0 Å². The molecule has 4 rings (SSSR count). The van der Waals surface area contributed by atoms with E-state index >= 15 is 0 Å². The van der Waals surface area contributed by atoms with Crippen LogP contribution in [0.1, 0.15) is 30.5 Å². The van der Waals surface area contributed by atoms with Crippen LogP contribution in [0.3, 0.4) is 0 Å². The quantitative estimate of drug-likeness (QED) is 0.186. The summed E-state index contributed by atoms with van der Waals surface area (Å²) in [7, 11) is -4.29. The number of carbonyl (C=O) groups is 2. The normalized spacial score (nSPS) is 12.0. The van der Waals surface area contributed by atoms with Gasteiger partial charge in [0.2, 0.25) is 11.8 Å². The number of halogens is 2. The zero-order valence-corrected chi connectivity index (χ0v) is 27.1. The average molecular weight is 653 g/mol. The molecule has 0 aliphatic rings. The molecule has 0 radical (unpaired) electrons. The van der Waals surface area contributed by atoms with Crippen LogP contribution in [-0.2, 0) is 32.6 Å². The number of aryl methyl sites for hydroxylation is 1. The molecule has 2 amide bonds. The van der Waals surface area contributed by atoms with Gasteiger partial charge in [-0.05, 0) is 62.2 Å². The van der Waals surface area contributed by atoms with E-state index in [1.54, 1.807) is 18.2 Å². The van der Waals surface area contributed by atoms with Crippen molar-refractivity contribution in [3.05, 3.63) is 130 Å². The maximum atomic E-state index is 14.4. The third kappa shape index (κ3) is 8.40. The van der Waals surface area contributed by atoms with Crippen molar-refractivity contribution in [3.63, 3.8) is 0 Å². The standard InChI is InChI=1S/C34H35Cl2N3O4S/c1-24(2)37-34(41)32(20-26-10-6-4-7-11-26)38(22-27-12-8-5-9-13-27)33(40)23-39(31-21-28(35)16-19-30(31)36)44(42,43)29-17-14-25(3)15-18-29/h4-19,21,24,32H,20,22-23H2,1-3H3,(H,37,41). The Kier molecular flexibility index (Phi) is 11.1. The van der Waals surface area contributed by atoms with Gasteiger partial charge in [0.05, 0.1) is 15.6 Å². The molecule has 0 aliphatic heterocycles. The molecule has 0 heterocycles. The molecule has 4 aromatic rings. The maximum Gasteiger partial charge on any atom is 0.264 e. The van der Waals surface area contributed by atoms with Crippen molar-refractivity contribution in [2.75, 3.05) is 10.8 Å². The zero-order valence-electron chi connectivity index (χ0n) is 24.8. The van der Waals surface area contributed by atoms with E-state index in [4.69, 9.17) is 23.2 Å². The highest BCUT2D eigenvalue weighted by Gasteiger charge is 2.35. The van der Waals surface area contributed by atoms with Crippen molar-refractivity contribution in [3.8, 4) is 0 Å². The molecule has 0 saturated heterocycles. The number of anilines is 1. The highest BCUT2D eigenvalue weighted by molar-refractivity contribution is 7.92. The van der Waals surface area contributed by atoms with Gasteiger partial charge in [0, 0.05) is 24.0 Å². The van der Waals surface area contributed by atoms with E-state index < -0.39 is 28.5 Å². The SMILES string of the molecule is Cc1ccc(S(=O)(=O)N(CC(=O)N(Cc2ccccc2)C(Cc2ccccc2)C(=O)NC(C)C)c2cc(Cl)ccc2Cl)cc1. The van der Waals surface area contributed by atoms with Crippen LogP contribution < -0.4 is 9.62 Å². The lowest BCUT2D eigenvalue weighted by molar-refractivity contribution is -0.140. The second kappa shape index (κ2) is 14.8. The van der Waals surface area contributed by atoms with Gasteiger partial charge in [-0.2, -0.15) is 0 Å². The fraction of sp³-hybridized carbons (Fsp3) is 0.235. The van der Waals surface area contributed by atoms with Crippen LogP contribution in [0.4, 0.5) is 5.69 Å². The van der Waals surface area contributed by atoms with Crippen LogP contribution in [0.2, 0.25) is 10.0 Å². The van der Waals surface area contributed by atoms with E-state index in [0.717, 1.165) is 21.0 Å². The first-order valence-corrected chi connectivity index (χ1v) is 16.4. The van der Waals surface area contributed by atoms with Crippen molar-refractivity contribution < 1.29 is 18.0 Å². The molecule has 1 N–H and O–H groups in total. The molecule has 10 heteroatoms. The molecule has 0 bridgehead atoms. The minimum Gasteiger partial charge on any atom is -0.352 e. The van der Waals surface area contributed by atoms with Crippen LogP contribution in [0.5, 0.6) is 0 Å². The Morgan fingerprint density at radius 3 is 2.00 bits per heavy atom. The van der Waals surface area contributed by atoms with Gasteiger partial charge >= 0.3 is 0 Å². The summed E-state index contributed by atoms with van der Waals surface area (Å²) in [5.41, 5.74) is 2.56. The number of amides is 2. The van der Waals surface area contributed by atoms with E-state index in [1.165, 1.54) is 29.2 Å². The molecule has 1 atom stereocenters. The molecular weight excluding hydrogens is 617 g/mol. The smallest absolute Gasteiger partial charge is 0.264 e. The van der Waals surface area contributed by atoms with Gasteiger partial charge in [-0.1, -0.05) is 102 Å². The third-order valence-electron chi connectivity index (χ3n) is 6.96. The number of sulfonamides is 1. The highest BCUT2D eigenvalue weighted by Crippen LogP contribution is 2.33. The summed E-state index contributed by atoms with van der Waals surface area (Å²) in [5, 5.41) is 3.30. The third-order valence-corrected chi connectivity index (χ3v) is 9.29. The topological polar surface area (TPSA) is 86.8 Å². The van der Waals surface area contributed by atoms with E-state index in [9.17, 15) is 18.0 Å². The number of hydrogen-bond acceptors (Lipinski definition) is 4. The van der Waals surface area contributed by atoms with E-state index in [1.807, 2.05) is 81.4 Å².